The molecule has 2 aliphatic rings. The Labute approximate surface area is 102 Å². The van der Waals surface area contributed by atoms with Crippen molar-refractivity contribution >= 4 is 11.8 Å². The average molecular weight is 239 g/mol. The van der Waals surface area contributed by atoms with E-state index < -0.39 is 0 Å². The summed E-state index contributed by atoms with van der Waals surface area (Å²) in [7, 11) is 0. The van der Waals surface area contributed by atoms with Gasteiger partial charge in [-0.25, -0.2) is 0 Å². The minimum Gasteiger partial charge on any atom is -0.352 e. The van der Waals surface area contributed by atoms with Gasteiger partial charge in [0.2, 0.25) is 11.8 Å². The number of nitrogens with zero attached hydrogens (tertiary/aromatic N) is 1. The Bertz CT molecular complexity index is 296. The maximum atomic E-state index is 11.9. The van der Waals surface area contributed by atoms with Crippen molar-refractivity contribution in [2.24, 2.45) is 0 Å². The summed E-state index contributed by atoms with van der Waals surface area (Å²) in [6, 6.07) is 0.118. The third-order valence-electron chi connectivity index (χ3n) is 3.30. The van der Waals surface area contributed by atoms with Crippen LogP contribution in [0.2, 0.25) is 0 Å². The second kappa shape index (κ2) is 5.49. The van der Waals surface area contributed by atoms with E-state index in [1.54, 1.807) is 0 Å². The third-order valence-corrected chi connectivity index (χ3v) is 3.30. The number of hydrogen-bond acceptors (Lipinski definition) is 3. The van der Waals surface area contributed by atoms with Gasteiger partial charge in [-0.3, -0.25) is 14.9 Å². The minimum absolute atomic E-state index is 0.00595. The van der Waals surface area contributed by atoms with E-state index in [9.17, 15) is 9.59 Å². The first-order chi connectivity index (χ1) is 8.16. The molecule has 2 N–H and O–H groups in total. The van der Waals surface area contributed by atoms with E-state index in [1.807, 2.05) is 11.8 Å². The van der Waals surface area contributed by atoms with Crippen LogP contribution in [0, 0.1) is 0 Å². The molecule has 0 aromatic carbocycles. The topological polar surface area (TPSA) is 61.4 Å². The molecular formula is C12H21N3O2. The number of carbonyl (C=O) groups is 2. The quantitative estimate of drug-likeness (QED) is 0.702. The molecule has 2 fully saturated rings. The van der Waals surface area contributed by atoms with Crippen LogP contribution < -0.4 is 10.6 Å². The zero-order chi connectivity index (χ0) is 12.3. The highest BCUT2D eigenvalue weighted by atomic mass is 16.2. The summed E-state index contributed by atoms with van der Waals surface area (Å²) in [6.07, 6.45) is 4.38. The Morgan fingerprint density at radius 1 is 1.29 bits per heavy atom. The molecule has 2 rings (SSSR count). The molecule has 1 aliphatic carbocycles. The molecule has 5 nitrogen and oxygen atoms in total. The lowest BCUT2D eigenvalue weighted by molar-refractivity contribution is -0.132. The summed E-state index contributed by atoms with van der Waals surface area (Å²) < 4.78 is 0. The predicted molar refractivity (Wildman–Crippen MR) is 64.4 cm³/mol. The van der Waals surface area contributed by atoms with Crippen LogP contribution in [-0.2, 0) is 9.59 Å². The van der Waals surface area contributed by atoms with Crippen molar-refractivity contribution in [1.29, 1.82) is 0 Å². The van der Waals surface area contributed by atoms with Crippen molar-refractivity contribution in [3.8, 4) is 0 Å². The molecule has 5 heteroatoms. The van der Waals surface area contributed by atoms with Crippen molar-refractivity contribution in [2.45, 2.75) is 44.7 Å². The van der Waals surface area contributed by atoms with E-state index in [2.05, 4.69) is 10.6 Å². The van der Waals surface area contributed by atoms with Gasteiger partial charge < -0.3 is 10.2 Å². The second-order valence-corrected chi connectivity index (χ2v) is 4.98. The van der Waals surface area contributed by atoms with Crippen LogP contribution in [0.1, 0.15) is 32.6 Å². The normalized spacial score (nSPS) is 21.4. The highest BCUT2D eigenvalue weighted by molar-refractivity contribution is 5.83. The van der Waals surface area contributed by atoms with Gasteiger partial charge in [-0.1, -0.05) is 0 Å². The van der Waals surface area contributed by atoms with Gasteiger partial charge in [-0.2, -0.15) is 0 Å². The van der Waals surface area contributed by atoms with E-state index >= 15 is 0 Å². The molecular weight excluding hydrogens is 218 g/mol. The van der Waals surface area contributed by atoms with E-state index in [4.69, 9.17) is 0 Å². The van der Waals surface area contributed by atoms with Gasteiger partial charge >= 0.3 is 0 Å². The molecule has 1 saturated heterocycles. The zero-order valence-electron chi connectivity index (χ0n) is 10.4. The summed E-state index contributed by atoms with van der Waals surface area (Å²) in [4.78, 5) is 25.2. The van der Waals surface area contributed by atoms with Gasteiger partial charge in [0.1, 0.15) is 0 Å². The second-order valence-electron chi connectivity index (χ2n) is 4.98. The summed E-state index contributed by atoms with van der Waals surface area (Å²) in [5, 5.41) is 5.88. The fourth-order valence-electron chi connectivity index (χ4n) is 2.05. The number of hydrogen-bond donors (Lipinski definition) is 2. The van der Waals surface area contributed by atoms with Crippen LogP contribution >= 0.6 is 0 Å². The van der Waals surface area contributed by atoms with Crippen molar-refractivity contribution in [3.63, 3.8) is 0 Å². The molecule has 17 heavy (non-hydrogen) atoms. The molecule has 0 radical (unpaired) electrons. The van der Waals surface area contributed by atoms with Gasteiger partial charge in [0.05, 0.1) is 12.6 Å². The highest BCUT2D eigenvalue weighted by Crippen LogP contribution is 2.18. The number of nitrogens with one attached hydrogen (secondary N) is 2. The first-order valence-electron chi connectivity index (χ1n) is 6.48. The van der Waals surface area contributed by atoms with Gasteiger partial charge in [0, 0.05) is 19.1 Å². The first-order valence-corrected chi connectivity index (χ1v) is 6.48. The Morgan fingerprint density at radius 3 is 2.53 bits per heavy atom. The Balaban J connectivity index is 1.66. The van der Waals surface area contributed by atoms with Crippen LogP contribution in [0.25, 0.3) is 0 Å². The fourth-order valence-corrected chi connectivity index (χ4v) is 2.05. The molecule has 0 aromatic rings. The van der Waals surface area contributed by atoms with Gasteiger partial charge in [0.15, 0.2) is 0 Å². The molecule has 0 bridgehead atoms. The van der Waals surface area contributed by atoms with Gasteiger partial charge in [0.25, 0.3) is 0 Å². The maximum absolute atomic E-state index is 11.9. The monoisotopic (exact) mass is 239 g/mol. The SMILES string of the molecule is CC(NCC(=O)NC1CC1)C(=O)N1CCCC1. The Morgan fingerprint density at radius 2 is 1.94 bits per heavy atom. The highest BCUT2D eigenvalue weighted by Gasteiger charge is 2.25. The third kappa shape index (κ3) is 3.70. The standard InChI is InChI=1S/C12H21N3O2/c1-9(12(17)15-6-2-3-7-15)13-8-11(16)14-10-4-5-10/h9-10,13H,2-8H2,1H3,(H,14,16). The lowest BCUT2D eigenvalue weighted by Crippen LogP contribution is -2.47. The van der Waals surface area contributed by atoms with E-state index in [1.165, 1.54) is 0 Å². The van der Waals surface area contributed by atoms with Crippen LogP contribution in [0.3, 0.4) is 0 Å². The van der Waals surface area contributed by atoms with Crippen LogP contribution in [0.4, 0.5) is 0 Å². The zero-order valence-corrected chi connectivity index (χ0v) is 10.4. The van der Waals surface area contributed by atoms with Gasteiger partial charge in [-0.05, 0) is 32.6 Å². The number of likely N-dealkylation sites (tertiary alicyclic amines) is 1. The molecule has 0 aromatic heterocycles. The molecule has 1 heterocycles. The first kappa shape index (κ1) is 12.4. The summed E-state index contributed by atoms with van der Waals surface area (Å²) >= 11 is 0. The number of rotatable bonds is 5. The molecule has 2 amide bonds. The Kier molecular flexibility index (Phi) is 3.99. The van der Waals surface area contributed by atoms with Crippen LogP contribution in [-0.4, -0.2) is 48.4 Å². The van der Waals surface area contributed by atoms with Crippen molar-refractivity contribution in [2.75, 3.05) is 19.6 Å². The van der Waals surface area contributed by atoms with E-state index in [0.717, 1.165) is 38.8 Å². The van der Waals surface area contributed by atoms with E-state index in [-0.39, 0.29) is 24.4 Å². The predicted octanol–water partition coefficient (Wildman–Crippen LogP) is -0.134. The largest absolute Gasteiger partial charge is 0.352 e. The average Bonchev–Trinajstić information content (AvgIpc) is 2.96. The van der Waals surface area contributed by atoms with Crippen molar-refractivity contribution in [3.05, 3.63) is 0 Å². The summed E-state index contributed by atoms with van der Waals surface area (Å²) in [5.74, 6) is 0.107. The lowest BCUT2D eigenvalue weighted by Gasteiger charge is -2.20. The fraction of sp³-hybridized carbons (Fsp3) is 0.833. The molecule has 1 aliphatic heterocycles. The number of carbonyl (C=O) groups excluding carboxylic acids is 2. The lowest BCUT2D eigenvalue weighted by atomic mass is 10.3. The van der Waals surface area contributed by atoms with Crippen LogP contribution in [0.15, 0.2) is 0 Å². The van der Waals surface area contributed by atoms with E-state index in [0.29, 0.717) is 6.04 Å². The molecule has 1 saturated carbocycles. The summed E-state index contributed by atoms with van der Waals surface area (Å²) in [5.41, 5.74) is 0. The summed E-state index contributed by atoms with van der Waals surface area (Å²) in [6.45, 7) is 3.78. The molecule has 0 spiro atoms. The molecule has 1 unspecified atom stereocenters. The minimum atomic E-state index is -0.266. The van der Waals surface area contributed by atoms with Crippen molar-refractivity contribution < 1.29 is 9.59 Å². The smallest absolute Gasteiger partial charge is 0.239 e. The van der Waals surface area contributed by atoms with Gasteiger partial charge in [-0.15, -0.1) is 0 Å². The van der Waals surface area contributed by atoms with Crippen molar-refractivity contribution in [1.82, 2.24) is 15.5 Å². The van der Waals surface area contributed by atoms with Crippen LogP contribution in [0.5, 0.6) is 0 Å². The Hall–Kier alpha value is -1.10. The molecule has 96 valence electrons. The molecule has 1 atom stereocenters. The number of amides is 2. The maximum Gasteiger partial charge on any atom is 0.239 e.